The molecule has 0 bridgehead atoms. The number of aromatic nitrogens is 6. The predicted octanol–water partition coefficient (Wildman–Crippen LogP) is 4.07. The first-order valence-electron chi connectivity index (χ1n) is 21.4. The summed E-state index contributed by atoms with van der Waals surface area (Å²) in [6.45, 7) is 7.08. The van der Waals surface area contributed by atoms with E-state index in [4.69, 9.17) is 0 Å². The van der Waals surface area contributed by atoms with Crippen molar-refractivity contribution >= 4 is 108 Å². The zero-order valence-electron chi connectivity index (χ0n) is 40.3. The maximum atomic E-state index is 12.8. The Balaban J connectivity index is 1.36. The number of nitrogens with zero attached hydrogens (tertiary/aromatic N) is 8. The fourth-order valence-corrected chi connectivity index (χ4v) is 10.6. The Morgan fingerprint density at radius 2 is 0.895 bits per heavy atom. The number of hydrogen-bond donors (Lipinski definition) is 8. The van der Waals surface area contributed by atoms with Gasteiger partial charge >= 0.3 is 0 Å². The molecule has 0 aliphatic carbocycles. The third kappa shape index (κ3) is 14.6. The Morgan fingerprint density at radius 3 is 1.37 bits per heavy atom. The van der Waals surface area contributed by atoms with Gasteiger partial charge in [0.1, 0.15) is 26.3 Å². The van der Waals surface area contributed by atoms with Crippen LogP contribution < -0.4 is 20.4 Å². The van der Waals surface area contributed by atoms with Crippen molar-refractivity contribution in [3.63, 3.8) is 0 Å². The summed E-state index contributed by atoms with van der Waals surface area (Å²) >= 11 is 0. The normalized spacial score (nSPS) is 12.9. The minimum Gasteiger partial charge on any atom is -0.341 e. The molecule has 0 aliphatic rings. The molecule has 8 N–H and O–H groups in total. The molecule has 2 aromatic heterocycles. The molecule has 408 valence electrons. The van der Waals surface area contributed by atoms with Gasteiger partial charge in [0, 0.05) is 44.7 Å². The number of hydrogen-bond acceptors (Lipinski definition) is 22. The van der Waals surface area contributed by atoms with E-state index in [1.165, 1.54) is 24.3 Å². The Labute approximate surface area is 436 Å². The van der Waals surface area contributed by atoms with Gasteiger partial charge in [-0.05, 0) is 105 Å². The predicted molar refractivity (Wildman–Crippen MR) is 272 cm³/mol. The summed E-state index contributed by atoms with van der Waals surface area (Å²) in [6, 6.07) is 11.1. The monoisotopic (exact) mass is 1170 g/mol. The summed E-state index contributed by atoms with van der Waals surface area (Å²) in [4.78, 5) is 24.6. The molecular formula is C42H46N10O18S6. The number of nitrogens with one attached hydrogen (secondary N) is 2. The molecule has 0 saturated carbocycles. The summed E-state index contributed by atoms with van der Waals surface area (Å²) in [6.07, 6.45) is 1.36. The van der Waals surface area contributed by atoms with Crippen molar-refractivity contribution < 1.29 is 77.8 Å². The van der Waals surface area contributed by atoms with E-state index in [0.29, 0.717) is 12.1 Å². The maximum absolute atomic E-state index is 12.8. The van der Waals surface area contributed by atoms with Crippen molar-refractivity contribution in [1.82, 2.24) is 29.9 Å². The van der Waals surface area contributed by atoms with Crippen molar-refractivity contribution in [3.8, 4) is 0 Å². The van der Waals surface area contributed by atoms with E-state index in [-0.39, 0.29) is 75.9 Å². The van der Waals surface area contributed by atoms with E-state index in [9.17, 15) is 77.8 Å². The van der Waals surface area contributed by atoms with Crippen LogP contribution in [0.5, 0.6) is 0 Å². The first kappa shape index (κ1) is 58.6. The van der Waals surface area contributed by atoms with Crippen LogP contribution in [0.3, 0.4) is 0 Å². The highest BCUT2D eigenvalue weighted by molar-refractivity contribution is 7.87. The summed E-state index contributed by atoms with van der Waals surface area (Å²) in [7, 11) is -26.6. The SMILES string of the molecule is CC(C)N(C)c1nc(Cc2cc(S(=O)(=O)O)ccc2S(=O)(=O)O)nc(Nc2ccc(/C=C/c3ccc(Cc4nc(Nc5cc(S(=O)(=O)O)ccc5S(=O)(=O)O)nc(N(C)C(C)C)n4)cc3S(=O)(=O)O)c(S(=O)(=O)O)c2)n1. The van der Waals surface area contributed by atoms with E-state index in [0.717, 1.165) is 48.6 Å². The lowest BCUT2D eigenvalue weighted by molar-refractivity contribution is 0.477. The molecule has 0 fully saturated rings. The summed E-state index contributed by atoms with van der Waals surface area (Å²) in [5.74, 6) is -1.01. The molecule has 0 atom stereocenters. The Morgan fingerprint density at radius 1 is 0.461 bits per heavy atom. The molecule has 0 aliphatic heterocycles. The smallest absolute Gasteiger partial charge is 0.296 e. The van der Waals surface area contributed by atoms with Crippen LogP contribution in [0.1, 0.15) is 61.6 Å². The van der Waals surface area contributed by atoms with Gasteiger partial charge in [0.05, 0.1) is 20.4 Å². The van der Waals surface area contributed by atoms with Crippen molar-refractivity contribution in [2.45, 2.75) is 82.0 Å². The number of anilines is 6. The van der Waals surface area contributed by atoms with Gasteiger partial charge in [0.25, 0.3) is 60.7 Å². The van der Waals surface area contributed by atoms with E-state index in [1.807, 2.05) is 0 Å². The van der Waals surface area contributed by atoms with Crippen LogP contribution in [0.25, 0.3) is 12.2 Å². The van der Waals surface area contributed by atoms with Crippen LogP contribution in [0.4, 0.5) is 35.2 Å². The molecule has 34 heteroatoms. The third-order valence-corrected chi connectivity index (χ3v) is 16.3. The second kappa shape index (κ2) is 21.7. The van der Waals surface area contributed by atoms with Crippen LogP contribution in [0.2, 0.25) is 0 Å². The molecule has 0 unspecified atom stereocenters. The van der Waals surface area contributed by atoms with Crippen molar-refractivity contribution in [3.05, 3.63) is 107 Å². The molecule has 0 saturated heterocycles. The standard InChI is InChI=1S/C42H46N10O18S6/c1-23(2)51(5)41-47-37(45-40(50-41)44-32-22-31(72(56,57)58)14-16-34(32)74(62,63)64)18-25-7-8-26(35(17-25)75(65,66)67)9-10-27-11-12-29(21-36(27)76(68,69)70)43-39-46-38(48-42(49-39)52(6)24(3)4)20-28-19-30(71(53,54)55)13-15-33(28)73(59,60)61/h7-17,19,21-24H,18,20H2,1-6H3,(H,53,54,55)(H,56,57,58)(H,59,60,61)(H,62,63,64)(H,65,66,67)(H,68,69,70)(H,43,46,48,49)(H,44,45,47,50)/b10-9+. The van der Waals surface area contributed by atoms with Crippen molar-refractivity contribution in [2.24, 2.45) is 0 Å². The van der Waals surface area contributed by atoms with E-state index in [2.05, 4.69) is 40.5 Å². The molecule has 0 spiro atoms. The molecule has 4 aromatic carbocycles. The topological polar surface area (TPSA) is 434 Å². The lowest BCUT2D eigenvalue weighted by Crippen LogP contribution is -2.28. The van der Waals surface area contributed by atoms with Crippen LogP contribution in [0.15, 0.2) is 102 Å². The number of rotatable bonds is 20. The molecular weight excluding hydrogens is 1120 g/mol. The fraction of sp³-hybridized carbons (Fsp3) is 0.238. The first-order valence-corrected chi connectivity index (χ1v) is 30.1. The average Bonchev–Trinajstić information content (AvgIpc) is 3.28. The van der Waals surface area contributed by atoms with Gasteiger partial charge in [-0.2, -0.15) is 80.4 Å². The zero-order valence-corrected chi connectivity index (χ0v) is 45.2. The van der Waals surface area contributed by atoms with Gasteiger partial charge in [-0.15, -0.1) is 0 Å². The summed E-state index contributed by atoms with van der Waals surface area (Å²) in [5, 5.41) is 5.29. The molecule has 28 nitrogen and oxygen atoms in total. The van der Waals surface area contributed by atoms with E-state index in [1.54, 1.807) is 51.6 Å². The van der Waals surface area contributed by atoms with Gasteiger partial charge in [0.2, 0.25) is 23.8 Å². The molecule has 2 heterocycles. The first-order chi connectivity index (χ1) is 34.9. The molecule has 6 aromatic rings. The quantitative estimate of drug-likeness (QED) is 0.0394. The van der Waals surface area contributed by atoms with E-state index < -0.39 is 108 Å². The van der Waals surface area contributed by atoms with Crippen molar-refractivity contribution in [2.75, 3.05) is 34.5 Å². The Hall–Kier alpha value is -6.70. The number of benzene rings is 4. The van der Waals surface area contributed by atoms with Gasteiger partial charge in [-0.25, -0.2) is 0 Å². The van der Waals surface area contributed by atoms with Gasteiger partial charge in [-0.1, -0.05) is 30.4 Å². The maximum Gasteiger partial charge on any atom is 0.296 e. The lowest BCUT2D eigenvalue weighted by Gasteiger charge is -2.22. The zero-order chi connectivity index (χ0) is 56.7. The average molecular weight is 1170 g/mol. The molecule has 6 rings (SSSR count). The minimum absolute atomic E-state index is 0.0188. The molecule has 0 radical (unpaired) electrons. The van der Waals surface area contributed by atoms with Gasteiger partial charge in [0.15, 0.2) is 0 Å². The molecule has 76 heavy (non-hydrogen) atoms. The Kier molecular flexibility index (Phi) is 16.7. The van der Waals surface area contributed by atoms with Crippen LogP contribution in [0, 0.1) is 0 Å². The molecule has 0 amide bonds. The van der Waals surface area contributed by atoms with Gasteiger partial charge in [-0.3, -0.25) is 27.3 Å². The highest BCUT2D eigenvalue weighted by Crippen LogP contribution is 2.31. The fourth-order valence-electron chi connectivity index (χ4n) is 6.77. The minimum atomic E-state index is -5.08. The third-order valence-electron chi connectivity index (χ3n) is 11.0. The Bertz CT molecular complexity index is 3760. The largest absolute Gasteiger partial charge is 0.341 e. The highest BCUT2D eigenvalue weighted by Gasteiger charge is 2.25. The second-order valence-corrected chi connectivity index (χ2v) is 25.4. The highest BCUT2D eigenvalue weighted by atomic mass is 32.2. The lowest BCUT2D eigenvalue weighted by atomic mass is 10.1. The summed E-state index contributed by atoms with van der Waals surface area (Å²) in [5.41, 5.74) is -1.23. The van der Waals surface area contributed by atoms with Gasteiger partial charge < -0.3 is 20.4 Å². The van der Waals surface area contributed by atoms with E-state index >= 15 is 0 Å². The van der Waals surface area contributed by atoms with Crippen LogP contribution >= 0.6 is 0 Å². The second-order valence-electron chi connectivity index (χ2n) is 17.0. The van der Waals surface area contributed by atoms with Crippen molar-refractivity contribution in [1.29, 1.82) is 0 Å². The summed E-state index contributed by atoms with van der Waals surface area (Å²) < 4.78 is 208. The van der Waals surface area contributed by atoms with Crippen LogP contribution in [-0.2, 0) is 73.6 Å². The van der Waals surface area contributed by atoms with Crippen LogP contribution in [-0.4, -0.2) is 134 Å².